The summed E-state index contributed by atoms with van der Waals surface area (Å²) in [6.07, 6.45) is 5.27. The molecule has 0 amide bonds. The van der Waals surface area contributed by atoms with E-state index < -0.39 is 0 Å². The SMILES string of the molecule is CCc1ccc(OCC2CCNC2)nc1.CCc1ccccc1. The van der Waals surface area contributed by atoms with Gasteiger partial charge in [0.25, 0.3) is 0 Å². The molecule has 1 N–H and O–H groups in total. The van der Waals surface area contributed by atoms with Gasteiger partial charge in [0, 0.05) is 24.7 Å². The Morgan fingerprint density at radius 3 is 2.35 bits per heavy atom. The molecule has 0 spiro atoms. The van der Waals surface area contributed by atoms with Crippen LogP contribution in [0.25, 0.3) is 0 Å². The fourth-order valence-electron chi connectivity index (χ4n) is 2.48. The van der Waals surface area contributed by atoms with E-state index in [2.05, 4.69) is 54.5 Å². The van der Waals surface area contributed by atoms with E-state index >= 15 is 0 Å². The van der Waals surface area contributed by atoms with Crippen molar-refractivity contribution in [3.63, 3.8) is 0 Å². The van der Waals surface area contributed by atoms with Gasteiger partial charge in [0.05, 0.1) is 6.61 Å². The Bertz CT molecular complexity index is 533. The molecular weight excluding hydrogens is 284 g/mol. The minimum absolute atomic E-state index is 0.651. The summed E-state index contributed by atoms with van der Waals surface area (Å²) in [5.41, 5.74) is 2.66. The number of aryl methyl sites for hydroxylation is 2. The maximum atomic E-state index is 5.64. The van der Waals surface area contributed by atoms with Crippen molar-refractivity contribution in [1.82, 2.24) is 10.3 Å². The molecule has 2 heterocycles. The summed E-state index contributed by atoms with van der Waals surface area (Å²) in [7, 11) is 0. The average Bonchev–Trinajstić information content (AvgIpc) is 3.15. The fourth-order valence-corrected chi connectivity index (χ4v) is 2.48. The van der Waals surface area contributed by atoms with Crippen molar-refractivity contribution in [2.24, 2.45) is 5.92 Å². The van der Waals surface area contributed by atoms with Gasteiger partial charge in [0.2, 0.25) is 5.88 Å². The first-order chi connectivity index (χ1) is 11.3. The van der Waals surface area contributed by atoms with Gasteiger partial charge in [-0.25, -0.2) is 4.98 Å². The standard InChI is InChI=1S/C12H18N2O.C8H10/c1-2-10-3-4-12(14-8-10)15-9-11-5-6-13-7-11;1-2-8-6-4-3-5-7-8/h3-4,8,11,13H,2,5-7,9H2,1H3;3-7H,2H2,1H3. The highest BCUT2D eigenvalue weighted by Crippen LogP contribution is 2.12. The molecular formula is C20H28N2O. The predicted molar refractivity (Wildman–Crippen MR) is 95.9 cm³/mol. The Morgan fingerprint density at radius 1 is 1.04 bits per heavy atom. The molecule has 1 unspecified atom stereocenters. The lowest BCUT2D eigenvalue weighted by atomic mass is 10.1. The predicted octanol–water partition coefficient (Wildman–Crippen LogP) is 3.88. The minimum Gasteiger partial charge on any atom is -0.477 e. The van der Waals surface area contributed by atoms with Crippen molar-refractivity contribution in [3.05, 3.63) is 59.8 Å². The number of hydrogen-bond acceptors (Lipinski definition) is 3. The Hall–Kier alpha value is -1.87. The van der Waals surface area contributed by atoms with E-state index in [0.29, 0.717) is 5.92 Å². The van der Waals surface area contributed by atoms with Gasteiger partial charge in [0.15, 0.2) is 0 Å². The molecule has 3 nitrogen and oxygen atoms in total. The van der Waals surface area contributed by atoms with Gasteiger partial charge in [-0.3, -0.25) is 0 Å². The zero-order valence-corrected chi connectivity index (χ0v) is 14.3. The van der Waals surface area contributed by atoms with Crippen LogP contribution in [0.4, 0.5) is 0 Å². The fraction of sp³-hybridized carbons (Fsp3) is 0.450. The van der Waals surface area contributed by atoms with Crippen LogP contribution in [0.3, 0.4) is 0 Å². The van der Waals surface area contributed by atoms with Crippen molar-refractivity contribution < 1.29 is 4.74 Å². The highest BCUT2D eigenvalue weighted by Gasteiger charge is 2.14. The molecule has 1 atom stereocenters. The average molecular weight is 312 g/mol. The summed E-state index contributed by atoms with van der Waals surface area (Å²) < 4.78 is 5.64. The molecule has 0 bridgehead atoms. The number of nitrogens with one attached hydrogen (secondary N) is 1. The van der Waals surface area contributed by atoms with Crippen molar-refractivity contribution in [3.8, 4) is 5.88 Å². The van der Waals surface area contributed by atoms with E-state index in [4.69, 9.17) is 4.74 Å². The Labute approximate surface area is 140 Å². The number of hydrogen-bond donors (Lipinski definition) is 1. The van der Waals surface area contributed by atoms with Crippen LogP contribution in [-0.4, -0.2) is 24.7 Å². The zero-order chi connectivity index (χ0) is 16.3. The van der Waals surface area contributed by atoms with Crippen LogP contribution in [-0.2, 0) is 12.8 Å². The third-order valence-electron chi connectivity index (χ3n) is 4.09. The first kappa shape index (κ1) is 17.5. The highest BCUT2D eigenvalue weighted by atomic mass is 16.5. The second-order valence-corrected chi connectivity index (χ2v) is 5.87. The topological polar surface area (TPSA) is 34.1 Å². The lowest BCUT2D eigenvalue weighted by Gasteiger charge is -2.09. The quantitative estimate of drug-likeness (QED) is 0.909. The number of rotatable bonds is 5. The molecule has 3 heteroatoms. The molecule has 1 fully saturated rings. The smallest absolute Gasteiger partial charge is 0.213 e. The third kappa shape index (κ3) is 6.41. The van der Waals surface area contributed by atoms with E-state index in [1.807, 2.05) is 18.3 Å². The molecule has 3 rings (SSSR count). The zero-order valence-electron chi connectivity index (χ0n) is 14.3. The first-order valence-electron chi connectivity index (χ1n) is 8.64. The maximum absolute atomic E-state index is 5.64. The molecule has 1 saturated heterocycles. The number of pyridine rings is 1. The second kappa shape index (κ2) is 10.0. The summed E-state index contributed by atoms with van der Waals surface area (Å²) in [6.45, 7) is 7.27. The summed E-state index contributed by atoms with van der Waals surface area (Å²) in [4.78, 5) is 4.27. The van der Waals surface area contributed by atoms with Crippen LogP contribution in [0.1, 0.15) is 31.4 Å². The largest absolute Gasteiger partial charge is 0.477 e. The molecule has 1 aromatic carbocycles. The summed E-state index contributed by atoms with van der Waals surface area (Å²) in [5, 5.41) is 3.33. The Kier molecular flexibility index (Phi) is 7.61. The van der Waals surface area contributed by atoms with Gasteiger partial charge in [-0.2, -0.15) is 0 Å². The van der Waals surface area contributed by atoms with Crippen molar-refractivity contribution in [2.45, 2.75) is 33.1 Å². The van der Waals surface area contributed by atoms with Crippen molar-refractivity contribution >= 4 is 0 Å². The van der Waals surface area contributed by atoms with Crippen LogP contribution in [0.5, 0.6) is 5.88 Å². The molecule has 124 valence electrons. The lowest BCUT2D eigenvalue weighted by Crippen LogP contribution is -2.15. The van der Waals surface area contributed by atoms with Crippen molar-refractivity contribution in [1.29, 1.82) is 0 Å². The summed E-state index contributed by atoms with van der Waals surface area (Å²) in [6, 6.07) is 14.5. The third-order valence-corrected chi connectivity index (χ3v) is 4.09. The van der Waals surface area contributed by atoms with E-state index in [9.17, 15) is 0 Å². The van der Waals surface area contributed by atoms with Crippen LogP contribution in [0.2, 0.25) is 0 Å². The molecule has 0 radical (unpaired) electrons. The van der Waals surface area contributed by atoms with Crippen LogP contribution >= 0.6 is 0 Å². The maximum Gasteiger partial charge on any atom is 0.213 e. The number of aromatic nitrogens is 1. The molecule has 1 aromatic heterocycles. The van der Waals surface area contributed by atoms with Gasteiger partial charge in [-0.15, -0.1) is 0 Å². The van der Waals surface area contributed by atoms with Gasteiger partial charge >= 0.3 is 0 Å². The molecule has 1 aliphatic heterocycles. The summed E-state index contributed by atoms with van der Waals surface area (Å²) in [5.74, 6) is 1.40. The van der Waals surface area contributed by atoms with Crippen molar-refractivity contribution in [2.75, 3.05) is 19.7 Å². The second-order valence-electron chi connectivity index (χ2n) is 5.87. The summed E-state index contributed by atoms with van der Waals surface area (Å²) >= 11 is 0. The number of ether oxygens (including phenoxy) is 1. The van der Waals surface area contributed by atoms with Crippen LogP contribution < -0.4 is 10.1 Å². The minimum atomic E-state index is 0.651. The van der Waals surface area contributed by atoms with E-state index in [1.165, 1.54) is 17.5 Å². The number of nitrogens with zero attached hydrogens (tertiary/aromatic N) is 1. The highest BCUT2D eigenvalue weighted by molar-refractivity contribution is 5.17. The normalized spacial score (nSPS) is 16.5. The van der Waals surface area contributed by atoms with Crippen LogP contribution in [0, 0.1) is 5.92 Å². The van der Waals surface area contributed by atoms with Gasteiger partial charge in [-0.1, -0.05) is 50.2 Å². The van der Waals surface area contributed by atoms with E-state index in [1.54, 1.807) is 0 Å². The first-order valence-corrected chi connectivity index (χ1v) is 8.64. The van der Waals surface area contributed by atoms with Gasteiger partial charge in [0.1, 0.15) is 0 Å². The van der Waals surface area contributed by atoms with Crippen LogP contribution in [0.15, 0.2) is 48.7 Å². The van der Waals surface area contributed by atoms with E-state index in [0.717, 1.165) is 38.4 Å². The molecule has 2 aromatic rings. The molecule has 0 aliphatic carbocycles. The Morgan fingerprint density at radius 2 is 1.83 bits per heavy atom. The molecule has 0 saturated carbocycles. The van der Waals surface area contributed by atoms with Gasteiger partial charge < -0.3 is 10.1 Å². The van der Waals surface area contributed by atoms with Gasteiger partial charge in [-0.05, 0) is 36.9 Å². The lowest BCUT2D eigenvalue weighted by molar-refractivity contribution is 0.251. The Balaban J connectivity index is 0.000000203. The van der Waals surface area contributed by atoms with E-state index in [-0.39, 0.29) is 0 Å². The molecule has 23 heavy (non-hydrogen) atoms. The molecule has 1 aliphatic rings. The number of benzene rings is 1. The monoisotopic (exact) mass is 312 g/mol.